The number of nitrogens with two attached hydrogens (primary N) is 1. The number of hydrogen-bond donors (Lipinski definition) is 2. The van der Waals surface area contributed by atoms with Crippen LogP contribution in [0.1, 0.15) is 51.3 Å². The predicted molar refractivity (Wildman–Crippen MR) is 98.5 cm³/mol. The molecule has 3 N–H and O–H groups in total. The van der Waals surface area contributed by atoms with Gasteiger partial charge >= 0.3 is 0 Å². The molecule has 25 heavy (non-hydrogen) atoms. The maximum absolute atomic E-state index is 12.9. The molecule has 1 aliphatic carbocycles. The number of aromatic amines is 1. The number of fused-ring (bicyclic) bond motifs is 1. The third kappa shape index (κ3) is 2.45. The number of pyridine rings is 1. The molecule has 3 heterocycles. The highest BCUT2D eigenvalue weighted by Crippen LogP contribution is 2.41. The fourth-order valence-corrected chi connectivity index (χ4v) is 3.35. The van der Waals surface area contributed by atoms with Crippen molar-refractivity contribution in [3.8, 4) is 11.3 Å². The normalized spacial score (nSPS) is 16.0. The van der Waals surface area contributed by atoms with Gasteiger partial charge < -0.3 is 10.3 Å². The number of H-pyrrole nitrogens is 1. The van der Waals surface area contributed by atoms with Crippen molar-refractivity contribution in [1.82, 2.24) is 24.5 Å². The number of nitrogen functional groups attached to an aromatic ring is 1. The highest BCUT2D eigenvalue weighted by atomic mass is 16.1. The van der Waals surface area contributed by atoms with Crippen LogP contribution in [-0.4, -0.2) is 24.5 Å². The van der Waals surface area contributed by atoms with E-state index in [9.17, 15) is 4.79 Å². The number of aryl methyl sites for hydroxylation is 1. The van der Waals surface area contributed by atoms with Crippen LogP contribution in [0, 0.1) is 5.92 Å². The van der Waals surface area contributed by atoms with Crippen molar-refractivity contribution in [2.24, 2.45) is 13.0 Å². The average Bonchev–Trinajstić information content (AvgIpc) is 3.23. The Morgan fingerprint density at radius 2 is 2.04 bits per heavy atom. The van der Waals surface area contributed by atoms with Gasteiger partial charge in [0.15, 0.2) is 5.82 Å². The summed E-state index contributed by atoms with van der Waals surface area (Å²) in [7, 11) is 1.97. The molecule has 3 aromatic rings. The summed E-state index contributed by atoms with van der Waals surface area (Å²) in [6.45, 7) is 6.25. The minimum Gasteiger partial charge on any atom is -0.382 e. The summed E-state index contributed by atoms with van der Waals surface area (Å²) in [6, 6.07) is 2.18. The Balaban J connectivity index is 1.98. The molecule has 0 saturated heterocycles. The third-order valence-electron chi connectivity index (χ3n) is 5.37. The van der Waals surface area contributed by atoms with E-state index in [1.165, 1.54) is 18.5 Å². The molecular weight excluding hydrogens is 316 g/mol. The van der Waals surface area contributed by atoms with E-state index in [0.29, 0.717) is 22.7 Å². The van der Waals surface area contributed by atoms with Crippen molar-refractivity contribution in [2.45, 2.75) is 45.6 Å². The van der Waals surface area contributed by atoms with Gasteiger partial charge in [-0.15, -0.1) is 0 Å². The largest absolute Gasteiger partial charge is 0.382 e. The van der Waals surface area contributed by atoms with E-state index < -0.39 is 0 Å². The zero-order valence-electron chi connectivity index (χ0n) is 15.1. The molecule has 4 rings (SSSR count). The lowest BCUT2D eigenvalue weighted by Crippen LogP contribution is -2.26. The maximum Gasteiger partial charge on any atom is 0.264 e. The zero-order chi connectivity index (χ0) is 17.9. The van der Waals surface area contributed by atoms with E-state index in [2.05, 4.69) is 35.2 Å². The van der Waals surface area contributed by atoms with Crippen LogP contribution in [0.4, 0.5) is 5.82 Å². The van der Waals surface area contributed by atoms with Crippen LogP contribution in [0.2, 0.25) is 0 Å². The quantitative estimate of drug-likeness (QED) is 0.763. The van der Waals surface area contributed by atoms with Gasteiger partial charge in [-0.25, -0.2) is 0 Å². The van der Waals surface area contributed by atoms with Crippen LogP contribution >= 0.6 is 0 Å². The molecule has 0 unspecified atom stereocenters. The minimum atomic E-state index is -0.107. The molecule has 0 bridgehead atoms. The molecule has 7 nitrogen and oxygen atoms in total. The fourth-order valence-electron chi connectivity index (χ4n) is 3.35. The molecule has 0 spiro atoms. The smallest absolute Gasteiger partial charge is 0.264 e. The Hall–Kier alpha value is -2.57. The second-order valence-corrected chi connectivity index (χ2v) is 7.45. The Kier molecular flexibility index (Phi) is 3.49. The van der Waals surface area contributed by atoms with Crippen LogP contribution in [-0.2, 0) is 7.05 Å². The molecule has 132 valence electrons. The van der Waals surface area contributed by atoms with Crippen molar-refractivity contribution in [3.05, 3.63) is 28.3 Å². The average molecular weight is 340 g/mol. The van der Waals surface area contributed by atoms with E-state index in [0.717, 1.165) is 11.3 Å². The fraction of sp³-hybridized carbons (Fsp3) is 0.500. The van der Waals surface area contributed by atoms with Crippen LogP contribution in [0.5, 0.6) is 0 Å². The Bertz CT molecular complexity index is 1000. The first-order valence-electron chi connectivity index (χ1n) is 8.81. The summed E-state index contributed by atoms with van der Waals surface area (Å²) in [5.41, 5.74) is 9.50. The van der Waals surface area contributed by atoms with E-state index in [-0.39, 0.29) is 17.4 Å². The molecule has 1 fully saturated rings. The Morgan fingerprint density at radius 1 is 1.32 bits per heavy atom. The molecular formula is C18H24N6O. The summed E-state index contributed by atoms with van der Waals surface area (Å²) in [4.78, 5) is 12.9. The molecule has 3 aromatic heterocycles. The topological polar surface area (TPSA) is 94.5 Å². The zero-order valence-corrected chi connectivity index (χ0v) is 15.1. The standard InChI is InChI=1S/C18H24N6O/c1-9(2)10(3)24-8-12(16-15(18(24)25)17(19)21-20-16)13-7-14(11-5-6-11)23(4)22-13/h7-11H,5-6H2,1-4H3,(H3,19,20,21)/t10-/m0/s1. The monoisotopic (exact) mass is 340 g/mol. The lowest BCUT2D eigenvalue weighted by Gasteiger charge is -2.20. The van der Waals surface area contributed by atoms with Gasteiger partial charge in [0.1, 0.15) is 5.39 Å². The number of aromatic nitrogens is 5. The van der Waals surface area contributed by atoms with Gasteiger partial charge in [-0.05, 0) is 31.7 Å². The predicted octanol–water partition coefficient (Wildman–Crippen LogP) is 2.80. The number of hydrogen-bond acceptors (Lipinski definition) is 4. The van der Waals surface area contributed by atoms with Crippen LogP contribution < -0.4 is 11.3 Å². The molecule has 0 aromatic carbocycles. The van der Waals surface area contributed by atoms with Gasteiger partial charge in [0, 0.05) is 36.5 Å². The first-order valence-corrected chi connectivity index (χ1v) is 8.81. The van der Waals surface area contributed by atoms with Crippen LogP contribution in [0.25, 0.3) is 22.2 Å². The van der Waals surface area contributed by atoms with Crippen molar-refractivity contribution < 1.29 is 0 Å². The highest BCUT2D eigenvalue weighted by Gasteiger charge is 2.28. The molecule has 0 radical (unpaired) electrons. The molecule has 1 atom stereocenters. The lowest BCUT2D eigenvalue weighted by molar-refractivity contribution is 0.400. The second-order valence-electron chi connectivity index (χ2n) is 7.45. The van der Waals surface area contributed by atoms with Gasteiger partial charge in [0.05, 0.1) is 11.2 Å². The molecule has 7 heteroatoms. The summed E-state index contributed by atoms with van der Waals surface area (Å²) >= 11 is 0. The summed E-state index contributed by atoms with van der Waals surface area (Å²) in [5.74, 6) is 1.17. The van der Waals surface area contributed by atoms with Crippen molar-refractivity contribution in [2.75, 3.05) is 5.73 Å². The van der Waals surface area contributed by atoms with Crippen LogP contribution in [0.15, 0.2) is 17.1 Å². The van der Waals surface area contributed by atoms with Crippen molar-refractivity contribution in [3.63, 3.8) is 0 Å². The summed E-state index contributed by atoms with van der Waals surface area (Å²) in [6.07, 6.45) is 4.33. The van der Waals surface area contributed by atoms with Gasteiger partial charge in [-0.3, -0.25) is 14.6 Å². The van der Waals surface area contributed by atoms with E-state index in [1.54, 1.807) is 4.57 Å². The van der Waals surface area contributed by atoms with Crippen molar-refractivity contribution >= 4 is 16.7 Å². The van der Waals surface area contributed by atoms with E-state index in [4.69, 9.17) is 5.73 Å². The van der Waals surface area contributed by atoms with Crippen LogP contribution in [0.3, 0.4) is 0 Å². The molecule has 0 amide bonds. The Morgan fingerprint density at radius 3 is 2.68 bits per heavy atom. The SMILES string of the molecule is CC(C)[C@H](C)n1cc(-c2cc(C3CC3)n(C)n2)c2[nH]nc(N)c2c1=O. The van der Waals surface area contributed by atoms with E-state index in [1.807, 2.05) is 24.9 Å². The van der Waals surface area contributed by atoms with Gasteiger partial charge in [-0.1, -0.05) is 13.8 Å². The minimum absolute atomic E-state index is 0.0524. The first-order chi connectivity index (χ1) is 11.9. The number of anilines is 1. The first kappa shape index (κ1) is 15.9. The highest BCUT2D eigenvalue weighted by molar-refractivity contribution is 5.97. The second kappa shape index (κ2) is 5.47. The lowest BCUT2D eigenvalue weighted by atomic mass is 10.0. The van der Waals surface area contributed by atoms with Gasteiger partial charge in [0.2, 0.25) is 0 Å². The Labute approximate surface area is 145 Å². The van der Waals surface area contributed by atoms with E-state index >= 15 is 0 Å². The summed E-state index contributed by atoms with van der Waals surface area (Å²) < 4.78 is 3.71. The van der Waals surface area contributed by atoms with Gasteiger partial charge in [-0.2, -0.15) is 10.2 Å². The molecule has 0 aliphatic heterocycles. The summed E-state index contributed by atoms with van der Waals surface area (Å²) in [5, 5.41) is 12.1. The van der Waals surface area contributed by atoms with Crippen molar-refractivity contribution in [1.29, 1.82) is 0 Å². The third-order valence-corrected chi connectivity index (χ3v) is 5.37. The van der Waals surface area contributed by atoms with Gasteiger partial charge in [0.25, 0.3) is 5.56 Å². The maximum atomic E-state index is 12.9. The number of nitrogens with one attached hydrogen (secondary N) is 1. The molecule has 1 aliphatic rings. The number of rotatable bonds is 4. The number of nitrogens with zero attached hydrogens (tertiary/aromatic N) is 4. The molecule has 1 saturated carbocycles.